The molecule has 1 aliphatic carbocycles. The van der Waals surface area contributed by atoms with Crippen molar-refractivity contribution in [3.8, 4) is 0 Å². The van der Waals surface area contributed by atoms with Crippen LogP contribution in [0, 0.1) is 5.92 Å². The van der Waals surface area contributed by atoms with Crippen molar-refractivity contribution < 1.29 is 5.11 Å². The Bertz CT molecular complexity index is 351. The van der Waals surface area contributed by atoms with Crippen molar-refractivity contribution in [1.29, 1.82) is 0 Å². The maximum Gasteiger partial charge on any atom is 0.0471 e. The first-order chi connectivity index (χ1) is 7.88. The molecule has 16 heavy (non-hydrogen) atoms. The lowest BCUT2D eigenvalue weighted by Gasteiger charge is -2.15. The molecule has 0 aromatic heterocycles. The van der Waals surface area contributed by atoms with Crippen LogP contribution in [0.1, 0.15) is 24.3 Å². The van der Waals surface area contributed by atoms with Gasteiger partial charge in [0.25, 0.3) is 0 Å². The van der Waals surface area contributed by atoms with Gasteiger partial charge in [-0.2, -0.15) is 0 Å². The molecule has 0 radical (unpaired) electrons. The summed E-state index contributed by atoms with van der Waals surface area (Å²) >= 11 is 0. The molecule has 1 N–H and O–H groups in total. The second kappa shape index (κ2) is 4.19. The van der Waals surface area contributed by atoms with Crippen LogP contribution in [-0.4, -0.2) is 35.7 Å². The molecular formula is C14H19NO. The Kier molecular flexibility index (Phi) is 2.70. The van der Waals surface area contributed by atoms with Gasteiger partial charge in [-0.1, -0.05) is 30.3 Å². The third kappa shape index (κ3) is 1.87. The average Bonchev–Trinajstić information content (AvgIpc) is 3.01. The van der Waals surface area contributed by atoms with Gasteiger partial charge < -0.3 is 5.11 Å². The monoisotopic (exact) mass is 217 g/mol. The van der Waals surface area contributed by atoms with E-state index in [1.54, 1.807) is 0 Å². The van der Waals surface area contributed by atoms with Gasteiger partial charge in [0.15, 0.2) is 0 Å². The average molecular weight is 217 g/mol. The number of hydrogen-bond acceptors (Lipinski definition) is 2. The number of rotatable bonds is 3. The van der Waals surface area contributed by atoms with Gasteiger partial charge >= 0.3 is 0 Å². The highest BCUT2D eigenvalue weighted by Gasteiger charge is 2.44. The van der Waals surface area contributed by atoms with E-state index in [4.69, 9.17) is 5.11 Å². The van der Waals surface area contributed by atoms with Gasteiger partial charge in [-0.15, -0.1) is 0 Å². The van der Waals surface area contributed by atoms with Crippen LogP contribution >= 0.6 is 0 Å². The summed E-state index contributed by atoms with van der Waals surface area (Å²) in [6.07, 6.45) is 2.48. The largest absolute Gasteiger partial charge is 0.396 e. The molecule has 1 aromatic rings. The summed E-state index contributed by atoms with van der Waals surface area (Å²) in [6, 6.07) is 11.6. The summed E-state index contributed by atoms with van der Waals surface area (Å²) in [4.78, 5) is 2.57. The van der Waals surface area contributed by atoms with E-state index in [0.717, 1.165) is 18.5 Å². The summed E-state index contributed by atoms with van der Waals surface area (Å²) in [5.41, 5.74) is 1.49. The molecular weight excluding hydrogens is 198 g/mol. The second-order valence-corrected chi connectivity index (χ2v) is 5.15. The van der Waals surface area contributed by atoms with Gasteiger partial charge in [0.2, 0.25) is 0 Å². The lowest BCUT2D eigenvalue weighted by atomic mass is 10.1. The molecule has 1 saturated carbocycles. The van der Waals surface area contributed by atoms with Gasteiger partial charge in [-0.25, -0.2) is 0 Å². The zero-order chi connectivity index (χ0) is 11.0. The van der Waals surface area contributed by atoms with E-state index in [9.17, 15) is 0 Å². The van der Waals surface area contributed by atoms with Crippen molar-refractivity contribution in [2.45, 2.75) is 24.8 Å². The fourth-order valence-electron chi connectivity index (χ4n) is 2.96. The fraction of sp³-hybridized carbons (Fsp3) is 0.571. The van der Waals surface area contributed by atoms with Gasteiger partial charge in [-0.3, -0.25) is 4.90 Å². The Morgan fingerprint density at radius 2 is 2.06 bits per heavy atom. The van der Waals surface area contributed by atoms with Crippen LogP contribution in [0.15, 0.2) is 30.3 Å². The van der Waals surface area contributed by atoms with Crippen molar-refractivity contribution in [3.63, 3.8) is 0 Å². The maximum atomic E-state index is 9.14. The molecule has 0 spiro atoms. The highest BCUT2D eigenvalue weighted by Crippen LogP contribution is 2.46. The van der Waals surface area contributed by atoms with E-state index in [1.165, 1.54) is 24.9 Å². The minimum atomic E-state index is 0.360. The molecule has 1 aromatic carbocycles. The Balaban J connectivity index is 1.61. The first-order valence-electron chi connectivity index (χ1n) is 6.28. The normalized spacial score (nSPS) is 34.2. The van der Waals surface area contributed by atoms with E-state index in [1.807, 2.05) is 0 Å². The smallest absolute Gasteiger partial charge is 0.0471 e. The molecule has 86 valence electrons. The van der Waals surface area contributed by atoms with Gasteiger partial charge in [-0.05, 0) is 30.9 Å². The van der Waals surface area contributed by atoms with Crippen LogP contribution in [0.3, 0.4) is 0 Å². The first-order valence-corrected chi connectivity index (χ1v) is 6.28. The molecule has 2 nitrogen and oxygen atoms in total. The summed E-state index contributed by atoms with van der Waals surface area (Å²) in [5, 5.41) is 9.14. The lowest BCUT2D eigenvalue weighted by Crippen LogP contribution is -2.24. The van der Waals surface area contributed by atoms with E-state index in [0.29, 0.717) is 12.5 Å². The van der Waals surface area contributed by atoms with Crippen molar-refractivity contribution in [2.75, 3.05) is 19.7 Å². The number of nitrogens with zero attached hydrogens (tertiary/aromatic N) is 1. The quantitative estimate of drug-likeness (QED) is 0.835. The molecule has 1 saturated heterocycles. The predicted octanol–water partition coefficient (Wildman–Crippen LogP) is 1.86. The van der Waals surface area contributed by atoms with Crippen LogP contribution in [0.5, 0.6) is 0 Å². The molecule has 2 heteroatoms. The molecule has 2 fully saturated rings. The molecule has 3 atom stereocenters. The molecule has 0 amide bonds. The van der Waals surface area contributed by atoms with E-state index in [-0.39, 0.29) is 0 Å². The maximum absolute atomic E-state index is 9.14. The highest BCUT2D eigenvalue weighted by atomic mass is 16.3. The van der Waals surface area contributed by atoms with Crippen molar-refractivity contribution in [1.82, 2.24) is 4.90 Å². The van der Waals surface area contributed by atoms with Crippen molar-refractivity contribution >= 4 is 0 Å². The summed E-state index contributed by atoms with van der Waals surface area (Å²) in [6.45, 7) is 2.64. The summed E-state index contributed by atoms with van der Waals surface area (Å²) in [7, 11) is 0. The third-order valence-corrected chi connectivity index (χ3v) is 4.03. The summed E-state index contributed by atoms with van der Waals surface area (Å²) in [5.74, 6) is 1.27. The molecule has 3 unspecified atom stereocenters. The fourth-order valence-corrected chi connectivity index (χ4v) is 2.96. The van der Waals surface area contributed by atoms with Crippen LogP contribution < -0.4 is 0 Å². The Morgan fingerprint density at radius 3 is 2.75 bits per heavy atom. The number of hydrogen-bond donors (Lipinski definition) is 1. The topological polar surface area (TPSA) is 23.5 Å². The molecule has 0 bridgehead atoms. The van der Waals surface area contributed by atoms with Crippen LogP contribution in [-0.2, 0) is 0 Å². The van der Waals surface area contributed by atoms with E-state index in [2.05, 4.69) is 35.2 Å². The Labute approximate surface area is 96.9 Å². The standard InChI is InChI=1S/C14H19NO/c16-10-11-6-7-15(9-11)14-8-13(14)12-4-2-1-3-5-12/h1-5,11,13-14,16H,6-10H2. The zero-order valence-electron chi connectivity index (χ0n) is 9.55. The van der Waals surface area contributed by atoms with Crippen molar-refractivity contribution in [2.24, 2.45) is 5.92 Å². The Morgan fingerprint density at radius 1 is 1.25 bits per heavy atom. The lowest BCUT2D eigenvalue weighted by molar-refractivity contribution is 0.219. The molecule has 1 heterocycles. The number of likely N-dealkylation sites (tertiary alicyclic amines) is 1. The first kappa shape index (κ1) is 10.3. The number of aliphatic hydroxyl groups is 1. The number of benzene rings is 1. The SMILES string of the molecule is OCC1CCN(C2CC2c2ccccc2)C1. The minimum absolute atomic E-state index is 0.360. The number of aliphatic hydroxyl groups excluding tert-OH is 1. The minimum Gasteiger partial charge on any atom is -0.396 e. The van der Waals surface area contributed by atoms with Crippen LogP contribution in [0.2, 0.25) is 0 Å². The summed E-state index contributed by atoms with van der Waals surface area (Å²) < 4.78 is 0. The van der Waals surface area contributed by atoms with Crippen molar-refractivity contribution in [3.05, 3.63) is 35.9 Å². The Hall–Kier alpha value is -0.860. The van der Waals surface area contributed by atoms with Gasteiger partial charge in [0, 0.05) is 25.1 Å². The predicted molar refractivity (Wildman–Crippen MR) is 64.4 cm³/mol. The van der Waals surface area contributed by atoms with Gasteiger partial charge in [0.05, 0.1) is 0 Å². The molecule has 1 aliphatic heterocycles. The van der Waals surface area contributed by atoms with Crippen LogP contribution in [0.25, 0.3) is 0 Å². The van der Waals surface area contributed by atoms with Gasteiger partial charge in [0.1, 0.15) is 0 Å². The second-order valence-electron chi connectivity index (χ2n) is 5.15. The van der Waals surface area contributed by atoms with Crippen LogP contribution in [0.4, 0.5) is 0 Å². The highest BCUT2D eigenvalue weighted by molar-refractivity contribution is 5.28. The molecule has 3 rings (SSSR count). The molecule has 2 aliphatic rings. The van der Waals surface area contributed by atoms with E-state index >= 15 is 0 Å². The zero-order valence-corrected chi connectivity index (χ0v) is 9.55. The third-order valence-electron chi connectivity index (χ3n) is 4.03. The van der Waals surface area contributed by atoms with E-state index < -0.39 is 0 Å².